The van der Waals surface area contributed by atoms with Crippen LogP contribution in [0.2, 0.25) is 0 Å². The standard InChI is InChI=1S/C9H6N2O5S/c12-8(13)4-17-9-10-6-2-1-5(11(14)15)3-7(6)16-9/h1-3H,4H2,(H,12,13). The molecule has 0 spiro atoms. The van der Waals surface area contributed by atoms with Gasteiger partial charge in [0.1, 0.15) is 11.3 Å². The van der Waals surface area contributed by atoms with Crippen LogP contribution >= 0.6 is 11.8 Å². The van der Waals surface area contributed by atoms with E-state index in [4.69, 9.17) is 9.52 Å². The molecule has 7 nitrogen and oxygen atoms in total. The first-order valence-electron chi connectivity index (χ1n) is 4.46. The largest absolute Gasteiger partial charge is 0.481 e. The monoisotopic (exact) mass is 254 g/mol. The molecule has 8 heteroatoms. The molecule has 0 saturated carbocycles. The number of carboxylic acids is 1. The number of hydrogen-bond donors (Lipinski definition) is 1. The fourth-order valence-electron chi connectivity index (χ4n) is 1.19. The summed E-state index contributed by atoms with van der Waals surface area (Å²) in [5, 5.41) is 19.2. The van der Waals surface area contributed by atoms with Crippen LogP contribution in [0.5, 0.6) is 0 Å². The van der Waals surface area contributed by atoms with Gasteiger partial charge in [-0.25, -0.2) is 4.98 Å². The number of nitro benzene ring substituents is 1. The maximum absolute atomic E-state index is 10.5. The molecule has 2 rings (SSSR count). The predicted molar refractivity (Wildman–Crippen MR) is 59.0 cm³/mol. The fraction of sp³-hybridized carbons (Fsp3) is 0.111. The van der Waals surface area contributed by atoms with Gasteiger partial charge >= 0.3 is 5.97 Å². The molecule has 0 aliphatic rings. The highest BCUT2D eigenvalue weighted by atomic mass is 32.2. The number of hydrogen-bond acceptors (Lipinski definition) is 6. The molecule has 0 unspecified atom stereocenters. The van der Waals surface area contributed by atoms with Crippen LogP contribution in [0.1, 0.15) is 0 Å². The lowest BCUT2D eigenvalue weighted by atomic mass is 10.3. The van der Waals surface area contributed by atoms with Crippen LogP contribution in [0.15, 0.2) is 27.8 Å². The van der Waals surface area contributed by atoms with Gasteiger partial charge < -0.3 is 9.52 Å². The second kappa shape index (κ2) is 4.42. The number of fused-ring (bicyclic) bond motifs is 1. The summed E-state index contributed by atoms with van der Waals surface area (Å²) in [5.41, 5.74) is 0.638. The van der Waals surface area contributed by atoms with Crippen LogP contribution in [0.4, 0.5) is 5.69 Å². The number of benzene rings is 1. The summed E-state index contributed by atoms with van der Waals surface area (Å²) in [7, 11) is 0. The van der Waals surface area contributed by atoms with Crippen molar-refractivity contribution in [3.63, 3.8) is 0 Å². The molecule has 1 N–H and O–H groups in total. The highest BCUT2D eigenvalue weighted by Gasteiger charge is 2.12. The lowest BCUT2D eigenvalue weighted by Crippen LogP contribution is -1.97. The lowest BCUT2D eigenvalue weighted by Gasteiger charge is -1.89. The van der Waals surface area contributed by atoms with Crippen molar-refractivity contribution in [2.75, 3.05) is 5.75 Å². The molecular formula is C9H6N2O5S. The van der Waals surface area contributed by atoms with E-state index in [1.54, 1.807) is 0 Å². The minimum absolute atomic E-state index is 0.0940. The van der Waals surface area contributed by atoms with Crippen molar-refractivity contribution in [3.05, 3.63) is 28.3 Å². The first kappa shape index (κ1) is 11.4. The van der Waals surface area contributed by atoms with Crippen molar-refractivity contribution < 1.29 is 19.2 Å². The van der Waals surface area contributed by atoms with Crippen molar-refractivity contribution in [2.24, 2.45) is 0 Å². The summed E-state index contributed by atoms with van der Waals surface area (Å²) >= 11 is 0.921. The molecule has 17 heavy (non-hydrogen) atoms. The molecule has 0 bridgehead atoms. The van der Waals surface area contributed by atoms with Gasteiger partial charge in [0.05, 0.1) is 11.0 Å². The quantitative estimate of drug-likeness (QED) is 0.504. The second-order valence-corrected chi connectivity index (χ2v) is 4.00. The maximum Gasteiger partial charge on any atom is 0.314 e. The normalized spacial score (nSPS) is 10.6. The number of rotatable bonds is 4. The molecular weight excluding hydrogens is 248 g/mol. The average molecular weight is 254 g/mol. The zero-order valence-electron chi connectivity index (χ0n) is 8.32. The van der Waals surface area contributed by atoms with E-state index in [-0.39, 0.29) is 22.2 Å². The van der Waals surface area contributed by atoms with Crippen LogP contribution in [-0.4, -0.2) is 26.7 Å². The highest BCUT2D eigenvalue weighted by Crippen LogP contribution is 2.26. The number of carbonyl (C=O) groups is 1. The summed E-state index contributed by atoms with van der Waals surface area (Å²) < 4.78 is 5.19. The third-order valence-corrected chi connectivity index (χ3v) is 2.70. The Morgan fingerprint density at radius 2 is 2.35 bits per heavy atom. The number of nitrogens with zero attached hydrogens (tertiary/aromatic N) is 2. The van der Waals surface area contributed by atoms with Crippen molar-refractivity contribution in [1.29, 1.82) is 0 Å². The van der Waals surface area contributed by atoms with Gasteiger partial charge in [0.2, 0.25) is 0 Å². The number of nitro groups is 1. The molecule has 88 valence electrons. The van der Waals surface area contributed by atoms with E-state index < -0.39 is 10.9 Å². The van der Waals surface area contributed by atoms with Crippen LogP contribution in [0, 0.1) is 10.1 Å². The van der Waals surface area contributed by atoms with Gasteiger partial charge in [-0.05, 0) is 6.07 Å². The SMILES string of the molecule is O=C(O)CSc1nc2ccc([N+](=O)[O-])cc2o1. The number of carboxylic acid groups (broad SMARTS) is 1. The van der Waals surface area contributed by atoms with Gasteiger partial charge in [-0.15, -0.1) is 0 Å². The number of thioether (sulfide) groups is 1. The van der Waals surface area contributed by atoms with E-state index in [1.807, 2.05) is 0 Å². The summed E-state index contributed by atoms with van der Waals surface area (Å²) in [6.07, 6.45) is 0. The number of oxazole rings is 1. The van der Waals surface area contributed by atoms with Crippen molar-refractivity contribution >= 4 is 34.5 Å². The Balaban J connectivity index is 2.30. The Morgan fingerprint density at radius 3 is 3.00 bits per heavy atom. The summed E-state index contributed by atoms with van der Waals surface area (Å²) in [5.74, 6) is -1.15. The smallest absolute Gasteiger partial charge is 0.314 e. The zero-order valence-corrected chi connectivity index (χ0v) is 9.14. The Labute approximate surface area is 98.6 Å². The van der Waals surface area contributed by atoms with Gasteiger partial charge in [0.15, 0.2) is 5.58 Å². The van der Waals surface area contributed by atoms with E-state index in [1.165, 1.54) is 18.2 Å². The molecule has 0 fully saturated rings. The van der Waals surface area contributed by atoms with E-state index in [0.29, 0.717) is 5.52 Å². The molecule has 0 aliphatic carbocycles. The van der Waals surface area contributed by atoms with Gasteiger partial charge in [0, 0.05) is 6.07 Å². The molecule has 1 aromatic heterocycles. The number of aliphatic carboxylic acids is 1. The average Bonchev–Trinajstić information content (AvgIpc) is 2.67. The van der Waals surface area contributed by atoms with E-state index in [9.17, 15) is 14.9 Å². The number of aromatic nitrogens is 1. The van der Waals surface area contributed by atoms with Crippen LogP contribution < -0.4 is 0 Å². The Hall–Kier alpha value is -2.09. The third-order valence-electron chi connectivity index (χ3n) is 1.88. The molecule has 0 radical (unpaired) electrons. The van der Waals surface area contributed by atoms with Crippen LogP contribution in [0.3, 0.4) is 0 Å². The van der Waals surface area contributed by atoms with Crippen molar-refractivity contribution in [3.8, 4) is 0 Å². The van der Waals surface area contributed by atoms with Crippen LogP contribution in [-0.2, 0) is 4.79 Å². The molecule has 1 heterocycles. The summed E-state index contributed by atoms with van der Waals surface area (Å²) in [6.45, 7) is 0. The van der Waals surface area contributed by atoms with E-state index in [2.05, 4.69) is 4.98 Å². The predicted octanol–water partition coefficient (Wildman–Crippen LogP) is 1.91. The number of non-ortho nitro benzene ring substituents is 1. The second-order valence-electron chi connectivity index (χ2n) is 3.07. The van der Waals surface area contributed by atoms with Crippen LogP contribution in [0.25, 0.3) is 11.1 Å². The topological polar surface area (TPSA) is 106 Å². The molecule has 0 amide bonds. The summed E-state index contributed by atoms with van der Waals surface area (Å²) in [6, 6.07) is 4.03. The Kier molecular flexibility index (Phi) is 2.96. The summed E-state index contributed by atoms with van der Waals surface area (Å²) in [4.78, 5) is 24.3. The first-order chi connectivity index (χ1) is 8.06. The Morgan fingerprint density at radius 1 is 1.59 bits per heavy atom. The van der Waals surface area contributed by atoms with Crippen molar-refractivity contribution in [2.45, 2.75) is 5.22 Å². The Bertz CT molecular complexity index is 594. The zero-order chi connectivity index (χ0) is 12.4. The fourth-order valence-corrected chi connectivity index (χ4v) is 1.75. The van der Waals surface area contributed by atoms with Crippen molar-refractivity contribution in [1.82, 2.24) is 4.98 Å². The van der Waals surface area contributed by atoms with E-state index in [0.717, 1.165) is 11.8 Å². The third kappa shape index (κ3) is 2.53. The first-order valence-corrected chi connectivity index (χ1v) is 5.44. The van der Waals surface area contributed by atoms with Gasteiger partial charge in [-0.3, -0.25) is 14.9 Å². The molecule has 2 aromatic rings. The molecule has 1 aromatic carbocycles. The lowest BCUT2D eigenvalue weighted by molar-refractivity contribution is -0.384. The molecule has 0 aliphatic heterocycles. The molecule has 0 saturated heterocycles. The minimum atomic E-state index is -0.983. The van der Waals surface area contributed by atoms with Gasteiger partial charge in [-0.1, -0.05) is 11.8 Å². The van der Waals surface area contributed by atoms with Gasteiger partial charge in [-0.2, -0.15) is 0 Å². The van der Waals surface area contributed by atoms with Gasteiger partial charge in [0.25, 0.3) is 10.9 Å². The highest BCUT2D eigenvalue weighted by molar-refractivity contribution is 7.99. The maximum atomic E-state index is 10.5. The molecule has 0 atom stereocenters. The van der Waals surface area contributed by atoms with E-state index >= 15 is 0 Å². The minimum Gasteiger partial charge on any atom is -0.481 e.